The largest absolute Gasteiger partial charge is 0.370 e. The Balaban J connectivity index is 2.04. The highest BCUT2D eigenvalue weighted by Gasteiger charge is 2.02. The number of hydrogen-bond donors (Lipinski definition) is 2. The molecule has 0 fully saturated rings. The first-order valence-corrected chi connectivity index (χ1v) is 5.51. The second kappa shape index (κ2) is 5.29. The highest BCUT2D eigenvalue weighted by Crippen LogP contribution is 2.12. The molecule has 2 heterocycles. The lowest BCUT2D eigenvalue weighted by molar-refractivity contribution is 0.388. The van der Waals surface area contributed by atoms with Gasteiger partial charge >= 0.3 is 0 Å². The van der Waals surface area contributed by atoms with Crippen LogP contribution in [0.2, 0.25) is 0 Å². The Kier molecular flexibility index (Phi) is 3.54. The van der Waals surface area contributed by atoms with Crippen molar-refractivity contribution in [2.24, 2.45) is 0 Å². The van der Waals surface area contributed by atoms with Gasteiger partial charge in [0.05, 0.1) is 12.7 Å². The maximum atomic E-state index is 4.99. The van der Waals surface area contributed by atoms with E-state index in [9.17, 15) is 0 Å². The first-order chi connectivity index (χ1) is 8.28. The summed E-state index contributed by atoms with van der Waals surface area (Å²) in [5.41, 5.74) is 0. The summed E-state index contributed by atoms with van der Waals surface area (Å²) < 4.78 is 4.99. The van der Waals surface area contributed by atoms with Crippen molar-refractivity contribution in [1.29, 1.82) is 0 Å². The third-order valence-electron chi connectivity index (χ3n) is 2.13. The third kappa shape index (κ3) is 3.17. The molecule has 2 N–H and O–H groups in total. The molecular weight excluding hydrogens is 218 g/mol. The number of rotatable bonds is 5. The van der Waals surface area contributed by atoms with E-state index in [4.69, 9.17) is 4.52 Å². The quantitative estimate of drug-likeness (QED) is 0.820. The fraction of sp³-hybridized carbons (Fsp3) is 0.364. The van der Waals surface area contributed by atoms with Gasteiger partial charge in [-0.25, -0.2) is 9.97 Å². The normalized spacial score (nSPS) is 10.2. The van der Waals surface area contributed by atoms with Gasteiger partial charge in [0.25, 0.3) is 0 Å². The zero-order chi connectivity index (χ0) is 12.1. The number of nitrogens with one attached hydrogen (secondary N) is 2. The monoisotopic (exact) mass is 233 g/mol. The Labute approximate surface area is 99.5 Å². The lowest BCUT2D eigenvalue weighted by Crippen LogP contribution is -2.06. The minimum atomic E-state index is 0.558. The molecule has 6 heteroatoms. The van der Waals surface area contributed by atoms with E-state index in [2.05, 4.69) is 25.8 Å². The first-order valence-electron chi connectivity index (χ1n) is 5.51. The Morgan fingerprint density at radius 3 is 2.65 bits per heavy atom. The lowest BCUT2D eigenvalue weighted by atomic mass is 10.4. The third-order valence-corrected chi connectivity index (χ3v) is 2.13. The van der Waals surface area contributed by atoms with Gasteiger partial charge in [-0.15, -0.1) is 0 Å². The number of nitrogens with zero attached hydrogens (tertiary/aromatic N) is 3. The molecular formula is C11H15N5O. The summed E-state index contributed by atoms with van der Waals surface area (Å²) in [6, 6.07) is 3.68. The Bertz CT molecular complexity index is 469. The van der Waals surface area contributed by atoms with Crippen molar-refractivity contribution in [2.45, 2.75) is 20.4 Å². The molecule has 90 valence electrons. The molecule has 0 aliphatic heterocycles. The van der Waals surface area contributed by atoms with Crippen LogP contribution >= 0.6 is 0 Å². The van der Waals surface area contributed by atoms with Crippen molar-refractivity contribution in [3.8, 4) is 0 Å². The van der Waals surface area contributed by atoms with Gasteiger partial charge < -0.3 is 15.2 Å². The van der Waals surface area contributed by atoms with E-state index in [1.54, 1.807) is 6.20 Å². The van der Waals surface area contributed by atoms with Crippen molar-refractivity contribution >= 4 is 11.6 Å². The van der Waals surface area contributed by atoms with E-state index in [-0.39, 0.29) is 0 Å². The highest BCUT2D eigenvalue weighted by atomic mass is 16.5. The summed E-state index contributed by atoms with van der Waals surface area (Å²) in [6.45, 7) is 5.28. The summed E-state index contributed by atoms with van der Waals surface area (Å²) in [5.74, 6) is 3.08. The van der Waals surface area contributed by atoms with Gasteiger partial charge in [-0.3, -0.25) is 0 Å². The number of aryl methyl sites for hydroxylation is 1. The van der Waals surface area contributed by atoms with Gasteiger partial charge in [0.15, 0.2) is 5.76 Å². The maximum absolute atomic E-state index is 4.99. The van der Waals surface area contributed by atoms with E-state index in [0.717, 1.165) is 29.8 Å². The smallest absolute Gasteiger partial charge is 0.155 e. The molecule has 2 aromatic heterocycles. The van der Waals surface area contributed by atoms with Crippen molar-refractivity contribution in [1.82, 2.24) is 15.1 Å². The Morgan fingerprint density at radius 1 is 1.24 bits per heavy atom. The first kappa shape index (κ1) is 11.4. The molecule has 0 saturated heterocycles. The molecule has 0 unspecified atom stereocenters. The van der Waals surface area contributed by atoms with Crippen LogP contribution in [0.5, 0.6) is 0 Å². The molecule has 0 spiro atoms. The number of aromatic nitrogens is 3. The zero-order valence-electron chi connectivity index (χ0n) is 9.90. The fourth-order valence-electron chi connectivity index (χ4n) is 1.44. The van der Waals surface area contributed by atoms with E-state index in [1.807, 2.05) is 26.0 Å². The summed E-state index contributed by atoms with van der Waals surface area (Å²) in [5, 5.41) is 9.96. The van der Waals surface area contributed by atoms with Crippen molar-refractivity contribution < 1.29 is 4.52 Å². The molecule has 0 aliphatic carbocycles. The van der Waals surface area contributed by atoms with E-state index < -0.39 is 0 Å². The molecule has 6 nitrogen and oxygen atoms in total. The molecule has 0 radical (unpaired) electrons. The van der Waals surface area contributed by atoms with Crippen LogP contribution in [0.4, 0.5) is 11.6 Å². The predicted octanol–water partition coefficient (Wildman–Crippen LogP) is 1.82. The summed E-state index contributed by atoms with van der Waals surface area (Å²) in [6.07, 6.45) is 1.62. The average Bonchev–Trinajstić information content (AvgIpc) is 2.79. The molecule has 2 rings (SSSR count). The van der Waals surface area contributed by atoms with Crippen molar-refractivity contribution in [2.75, 3.05) is 17.2 Å². The highest BCUT2D eigenvalue weighted by molar-refractivity contribution is 5.47. The SMILES string of the molecule is CCNc1cc(NCc2ccno2)nc(C)n1. The van der Waals surface area contributed by atoms with E-state index >= 15 is 0 Å². The lowest BCUT2D eigenvalue weighted by Gasteiger charge is -2.07. The van der Waals surface area contributed by atoms with Crippen LogP contribution in [0.15, 0.2) is 22.9 Å². The average molecular weight is 233 g/mol. The predicted molar refractivity (Wildman–Crippen MR) is 64.8 cm³/mol. The summed E-state index contributed by atoms with van der Waals surface area (Å²) >= 11 is 0. The maximum Gasteiger partial charge on any atom is 0.155 e. The number of anilines is 2. The van der Waals surface area contributed by atoms with Gasteiger partial charge in [0.2, 0.25) is 0 Å². The molecule has 0 bridgehead atoms. The standard InChI is InChI=1S/C11H15N5O/c1-3-12-10-6-11(16-8(2)15-10)13-7-9-4-5-14-17-9/h4-6H,3,7H2,1-2H3,(H2,12,13,15,16). The van der Waals surface area contributed by atoms with Crippen LogP contribution < -0.4 is 10.6 Å². The molecule has 2 aromatic rings. The molecule has 0 saturated carbocycles. The van der Waals surface area contributed by atoms with Gasteiger partial charge in [0, 0.05) is 18.7 Å². The molecule has 0 aromatic carbocycles. The molecule has 0 aliphatic rings. The van der Waals surface area contributed by atoms with E-state index in [0.29, 0.717) is 6.54 Å². The summed E-state index contributed by atoms with van der Waals surface area (Å²) in [7, 11) is 0. The fourth-order valence-corrected chi connectivity index (χ4v) is 1.44. The Hall–Kier alpha value is -2.11. The van der Waals surface area contributed by atoms with Crippen LogP contribution in [0.1, 0.15) is 18.5 Å². The van der Waals surface area contributed by atoms with E-state index in [1.165, 1.54) is 0 Å². The second-order valence-corrected chi connectivity index (χ2v) is 3.55. The van der Waals surface area contributed by atoms with Gasteiger partial charge in [0.1, 0.15) is 17.5 Å². The van der Waals surface area contributed by atoms with Crippen LogP contribution in [0, 0.1) is 6.92 Å². The van der Waals surface area contributed by atoms with Crippen molar-refractivity contribution in [3.63, 3.8) is 0 Å². The van der Waals surface area contributed by atoms with Crippen LogP contribution in [-0.2, 0) is 6.54 Å². The minimum Gasteiger partial charge on any atom is -0.370 e. The van der Waals surface area contributed by atoms with Crippen molar-refractivity contribution in [3.05, 3.63) is 29.9 Å². The number of hydrogen-bond acceptors (Lipinski definition) is 6. The molecule has 17 heavy (non-hydrogen) atoms. The summed E-state index contributed by atoms with van der Waals surface area (Å²) in [4.78, 5) is 8.56. The molecule has 0 atom stereocenters. The molecule has 0 amide bonds. The minimum absolute atomic E-state index is 0.558. The Morgan fingerprint density at radius 2 is 2.00 bits per heavy atom. The van der Waals surface area contributed by atoms with Gasteiger partial charge in [-0.05, 0) is 13.8 Å². The van der Waals surface area contributed by atoms with Crippen LogP contribution in [-0.4, -0.2) is 21.7 Å². The van der Waals surface area contributed by atoms with Gasteiger partial charge in [-0.1, -0.05) is 5.16 Å². The van der Waals surface area contributed by atoms with Crippen LogP contribution in [0.3, 0.4) is 0 Å². The topological polar surface area (TPSA) is 75.9 Å². The van der Waals surface area contributed by atoms with Crippen LogP contribution in [0.25, 0.3) is 0 Å². The zero-order valence-corrected chi connectivity index (χ0v) is 9.90. The van der Waals surface area contributed by atoms with Gasteiger partial charge in [-0.2, -0.15) is 0 Å². The second-order valence-electron chi connectivity index (χ2n) is 3.55.